The summed E-state index contributed by atoms with van der Waals surface area (Å²) in [4.78, 5) is 2.26. The number of aromatic nitrogens is 2. The van der Waals surface area contributed by atoms with Crippen LogP contribution in [0.1, 0.15) is 18.4 Å². The molecular formula is C9H14N4. The standard InChI is InChI=1S/C9H14N4/c10-7-8-3-4-11-12-9(8)13-5-1-2-6-13/h3-4H,1-2,5-7,10H2. The Morgan fingerprint density at radius 1 is 1.38 bits per heavy atom. The van der Waals surface area contributed by atoms with E-state index in [1.807, 2.05) is 6.07 Å². The molecule has 1 saturated heterocycles. The minimum absolute atomic E-state index is 0.543. The molecule has 1 fully saturated rings. The fraction of sp³-hybridized carbons (Fsp3) is 0.556. The van der Waals surface area contributed by atoms with Crippen molar-refractivity contribution in [1.82, 2.24) is 10.2 Å². The van der Waals surface area contributed by atoms with Gasteiger partial charge in [0.1, 0.15) is 0 Å². The van der Waals surface area contributed by atoms with E-state index in [4.69, 9.17) is 5.73 Å². The monoisotopic (exact) mass is 178 g/mol. The molecular weight excluding hydrogens is 164 g/mol. The molecule has 1 aromatic heterocycles. The summed E-state index contributed by atoms with van der Waals surface area (Å²) in [5.41, 5.74) is 6.72. The number of anilines is 1. The van der Waals surface area contributed by atoms with Crippen molar-refractivity contribution < 1.29 is 0 Å². The second-order valence-electron chi connectivity index (χ2n) is 3.28. The quantitative estimate of drug-likeness (QED) is 0.718. The maximum Gasteiger partial charge on any atom is 0.155 e. The Morgan fingerprint density at radius 2 is 2.15 bits per heavy atom. The molecule has 1 aliphatic rings. The molecule has 1 aromatic rings. The van der Waals surface area contributed by atoms with Crippen LogP contribution in [0.25, 0.3) is 0 Å². The minimum Gasteiger partial charge on any atom is -0.355 e. The highest BCUT2D eigenvalue weighted by Crippen LogP contribution is 2.20. The summed E-state index contributed by atoms with van der Waals surface area (Å²) in [7, 11) is 0. The van der Waals surface area contributed by atoms with Gasteiger partial charge in [0.15, 0.2) is 5.82 Å². The van der Waals surface area contributed by atoms with Crippen LogP contribution >= 0.6 is 0 Å². The van der Waals surface area contributed by atoms with E-state index in [1.54, 1.807) is 6.20 Å². The van der Waals surface area contributed by atoms with Gasteiger partial charge in [-0.1, -0.05) is 0 Å². The number of nitrogens with two attached hydrogens (primary N) is 1. The third-order valence-corrected chi connectivity index (χ3v) is 2.41. The Kier molecular flexibility index (Phi) is 2.40. The molecule has 0 bridgehead atoms. The Morgan fingerprint density at radius 3 is 2.85 bits per heavy atom. The van der Waals surface area contributed by atoms with Crippen molar-refractivity contribution in [2.24, 2.45) is 5.73 Å². The number of rotatable bonds is 2. The Labute approximate surface area is 77.8 Å². The van der Waals surface area contributed by atoms with Gasteiger partial charge in [-0.2, -0.15) is 5.10 Å². The van der Waals surface area contributed by atoms with Crippen LogP contribution in [0.3, 0.4) is 0 Å². The molecule has 0 saturated carbocycles. The lowest BCUT2D eigenvalue weighted by atomic mass is 10.2. The SMILES string of the molecule is NCc1ccnnc1N1CCCC1. The zero-order chi connectivity index (χ0) is 9.10. The molecule has 0 atom stereocenters. The molecule has 0 unspecified atom stereocenters. The number of hydrogen-bond donors (Lipinski definition) is 1. The van der Waals surface area contributed by atoms with E-state index < -0.39 is 0 Å². The molecule has 4 heteroatoms. The lowest BCUT2D eigenvalue weighted by Crippen LogP contribution is -2.21. The van der Waals surface area contributed by atoms with E-state index in [0.29, 0.717) is 6.54 Å². The first-order chi connectivity index (χ1) is 6.42. The van der Waals surface area contributed by atoms with Gasteiger partial charge >= 0.3 is 0 Å². The van der Waals surface area contributed by atoms with Crippen LogP contribution in [0.2, 0.25) is 0 Å². The normalized spacial score (nSPS) is 16.5. The minimum atomic E-state index is 0.543. The van der Waals surface area contributed by atoms with Crippen LogP contribution < -0.4 is 10.6 Å². The summed E-state index contributed by atoms with van der Waals surface area (Å²) in [5, 5.41) is 8.02. The highest BCUT2D eigenvalue weighted by Gasteiger charge is 2.16. The molecule has 0 radical (unpaired) electrons. The van der Waals surface area contributed by atoms with E-state index in [1.165, 1.54) is 12.8 Å². The van der Waals surface area contributed by atoms with E-state index >= 15 is 0 Å². The van der Waals surface area contributed by atoms with Crippen molar-refractivity contribution in [2.75, 3.05) is 18.0 Å². The number of nitrogens with zero attached hydrogens (tertiary/aromatic N) is 3. The Balaban J connectivity index is 2.26. The summed E-state index contributed by atoms with van der Waals surface area (Å²) in [6.45, 7) is 2.72. The van der Waals surface area contributed by atoms with Crippen molar-refractivity contribution in [3.63, 3.8) is 0 Å². The van der Waals surface area contributed by atoms with Crippen molar-refractivity contribution >= 4 is 5.82 Å². The molecule has 0 spiro atoms. The maximum absolute atomic E-state index is 5.62. The molecule has 2 rings (SSSR count). The number of hydrogen-bond acceptors (Lipinski definition) is 4. The Bertz CT molecular complexity index is 281. The third-order valence-electron chi connectivity index (χ3n) is 2.41. The van der Waals surface area contributed by atoms with Crippen LogP contribution in [0.15, 0.2) is 12.3 Å². The first-order valence-electron chi connectivity index (χ1n) is 4.67. The molecule has 13 heavy (non-hydrogen) atoms. The fourth-order valence-corrected chi connectivity index (χ4v) is 1.70. The van der Waals surface area contributed by atoms with Crippen LogP contribution in [-0.2, 0) is 6.54 Å². The van der Waals surface area contributed by atoms with Gasteiger partial charge in [-0.25, -0.2) is 0 Å². The van der Waals surface area contributed by atoms with Crippen LogP contribution in [0.4, 0.5) is 5.82 Å². The van der Waals surface area contributed by atoms with Crippen molar-refractivity contribution in [3.8, 4) is 0 Å². The molecule has 0 aliphatic carbocycles. The van der Waals surface area contributed by atoms with Gasteiger partial charge in [-0.05, 0) is 18.9 Å². The average Bonchev–Trinajstić information content (AvgIpc) is 2.70. The predicted octanol–water partition coefficient (Wildman–Crippen LogP) is 0.535. The van der Waals surface area contributed by atoms with Crippen LogP contribution in [-0.4, -0.2) is 23.3 Å². The van der Waals surface area contributed by atoms with E-state index in [9.17, 15) is 0 Å². The topological polar surface area (TPSA) is 55.0 Å². The van der Waals surface area contributed by atoms with Crippen LogP contribution in [0.5, 0.6) is 0 Å². The van der Waals surface area contributed by atoms with Crippen molar-refractivity contribution in [3.05, 3.63) is 17.8 Å². The zero-order valence-corrected chi connectivity index (χ0v) is 7.61. The van der Waals surface area contributed by atoms with Gasteiger partial charge in [0.05, 0.1) is 6.20 Å². The molecule has 0 aromatic carbocycles. The van der Waals surface area contributed by atoms with Gasteiger partial charge in [-0.15, -0.1) is 5.10 Å². The summed E-state index contributed by atoms with van der Waals surface area (Å²) in [5.74, 6) is 0.975. The van der Waals surface area contributed by atoms with Crippen LogP contribution in [0, 0.1) is 0 Å². The predicted molar refractivity (Wildman–Crippen MR) is 51.4 cm³/mol. The summed E-state index contributed by atoms with van der Waals surface area (Å²) < 4.78 is 0. The smallest absolute Gasteiger partial charge is 0.155 e. The lowest BCUT2D eigenvalue weighted by molar-refractivity contribution is 0.864. The Hall–Kier alpha value is -1.16. The van der Waals surface area contributed by atoms with Crippen molar-refractivity contribution in [1.29, 1.82) is 0 Å². The summed E-state index contributed by atoms with van der Waals surface area (Å²) in [6.07, 6.45) is 4.20. The zero-order valence-electron chi connectivity index (χ0n) is 7.61. The molecule has 2 heterocycles. The highest BCUT2D eigenvalue weighted by molar-refractivity contribution is 5.46. The molecule has 1 aliphatic heterocycles. The highest BCUT2D eigenvalue weighted by atomic mass is 15.3. The van der Waals surface area contributed by atoms with Crippen molar-refractivity contribution in [2.45, 2.75) is 19.4 Å². The van der Waals surface area contributed by atoms with E-state index in [2.05, 4.69) is 15.1 Å². The van der Waals surface area contributed by atoms with Gasteiger partial charge in [0, 0.05) is 25.2 Å². The van der Waals surface area contributed by atoms with Gasteiger partial charge < -0.3 is 10.6 Å². The van der Waals surface area contributed by atoms with Gasteiger partial charge in [-0.3, -0.25) is 0 Å². The average molecular weight is 178 g/mol. The molecule has 0 amide bonds. The molecule has 2 N–H and O–H groups in total. The summed E-state index contributed by atoms with van der Waals surface area (Å²) >= 11 is 0. The third kappa shape index (κ3) is 1.62. The molecule has 70 valence electrons. The first-order valence-corrected chi connectivity index (χ1v) is 4.67. The molecule has 4 nitrogen and oxygen atoms in total. The van der Waals surface area contributed by atoms with E-state index in [0.717, 1.165) is 24.5 Å². The maximum atomic E-state index is 5.62. The lowest BCUT2D eigenvalue weighted by Gasteiger charge is -2.17. The van der Waals surface area contributed by atoms with Gasteiger partial charge in [0.25, 0.3) is 0 Å². The summed E-state index contributed by atoms with van der Waals surface area (Å²) in [6, 6.07) is 1.95. The largest absolute Gasteiger partial charge is 0.355 e. The second-order valence-corrected chi connectivity index (χ2v) is 3.28. The first kappa shape index (κ1) is 8.44. The fourth-order valence-electron chi connectivity index (χ4n) is 1.70. The van der Waals surface area contributed by atoms with E-state index in [-0.39, 0.29) is 0 Å². The second kappa shape index (κ2) is 3.70. The van der Waals surface area contributed by atoms with Gasteiger partial charge in [0.2, 0.25) is 0 Å².